The van der Waals surface area contributed by atoms with E-state index < -0.39 is 0 Å². The van der Waals surface area contributed by atoms with Crippen LogP contribution in [0.15, 0.2) is 155 Å². The third kappa shape index (κ3) is 5.83. The lowest BCUT2D eigenvalue weighted by Crippen LogP contribution is -2.12. The highest BCUT2D eigenvalue weighted by Gasteiger charge is 2.27. The predicted octanol–water partition coefficient (Wildman–Crippen LogP) is 12.6. The SMILES string of the molecule is C/C=C\C1=C(C)Sc2cccc(-c3cccc(-c4ccc5c(c4)C(/C=C\CCC)=CC4=CC(c6ccccc6)=CCC45)c3)c2O1. The summed E-state index contributed by atoms with van der Waals surface area (Å²) in [4.78, 5) is 2.34. The van der Waals surface area contributed by atoms with Crippen molar-refractivity contribution >= 4 is 22.9 Å². The number of para-hydroxylation sites is 1. The van der Waals surface area contributed by atoms with Gasteiger partial charge in [-0.3, -0.25) is 0 Å². The summed E-state index contributed by atoms with van der Waals surface area (Å²) in [6, 6.07) is 33.2. The van der Waals surface area contributed by atoms with Crippen LogP contribution >= 0.6 is 11.8 Å². The van der Waals surface area contributed by atoms with Crippen molar-refractivity contribution in [2.45, 2.75) is 50.8 Å². The predicted molar refractivity (Wildman–Crippen MR) is 193 cm³/mol. The molecule has 1 nitrogen and oxygen atoms in total. The van der Waals surface area contributed by atoms with Crippen LogP contribution in [0.25, 0.3) is 33.4 Å². The summed E-state index contributed by atoms with van der Waals surface area (Å²) in [7, 11) is 0. The first-order chi connectivity index (χ1) is 22.1. The molecule has 0 bridgehead atoms. The second-order valence-electron chi connectivity index (χ2n) is 11.9. The molecule has 0 aromatic heterocycles. The van der Waals surface area contributed by atoms with Crippen LogP contribution in [0.3, 0.4) is 0 Å². The van der Waals surface area contributed by atoms with Crippen molar-refractivity contribution in [1.82, 2.24) is 0 Å². The molecular formula is C43H38OS. The van der Waals surface area contributed by atoms with Gasteiger partial charge in [-0.1, -0.05) is 134 Å². The minimum absolute atomic E-state index is 0.379. The molecule has 4 aromatic rings. The van der Waals surface area contributed by atoms with Crippen LogP contribution in [-0.4, -0.2) is 0 Å². The molecule has 2 aliphatic carbocycles. The maximum Gasteiger partial charge on any atom is 0.149 e. The van der Waals surface area contributed by atoms with Crippen LogP contribution in [0.1, 0.15) is 62.6 Å². The van der Waals surface area contributed by atoms with Crippen LogP contribution < -0.4 is 4.74 Å². The molecule has 3 aliphatic rings. The van der Waals surface area contributed by atoms with E-state index in [2.05, 4.69) is 141 Å². The number of rotatable bonds is 7. The Labute approximate surface area is 272 Å². The van der Waals surface area contributed by atoms with Crippen molar-refractivity contribution in [2.75, 3.05) is 0 Å². The van der Waals surface area contributed by atoms with Crippen LogP contribution in [0.4, 0.5) is 0 Å². The average molecular weight is 603 g/mol. The third-order valence-electron chi connectivity index (χ3n) is 8.85. The fraction of sp³-hybridized carbons (Fsp3) is 0.163. The van der Waals surface area contributed by atoms with E-state index in [-0.39, 0.29) is 0 Å². The van der Waals surface area contributed by atoms with Gasteiger partial charge < -0.3 is 4.74 Å². The van der Waals surface area contributed by atoms with Gasteiger partial charge in [0.05, 0.1) is 4.90 Å². The van der Waals surface area contributed by atoms with E-state index >= 15 is 0 Å². The highest BCUT2D eigenvalue weighted by Crippen LogP contribution is 2.48. The molecule has 222 valence electrons. The van der Waals surface area contributed by atoms with Crippen molar-refractivity contribution < 1.29 is 4.74 Å². The Morgan fingerprint density at radius 1 is 0.800 bits per heavy atom. The standard InChI is InChI=1S/C43H38OS/c1-4-6-8-16-35-27-36-26-32(30-14-9-7-10-15-30)21-23-37(36)39-24-22-33(28-40(35)39)31-17-11-18-34(25-31)38-19-12-20-42-43(38)44-41(13-5-2)29(3)45-42/h5,7-22,24-28,37H,4,6,23H2,1-3H3/b13-5-,16-8-. The lowest BCUT2D eigenvalue weighted by molar-refractivity contribution is 0.429. The molecule has 0 N–H and O–H groups in total. The summed E-state index contributed by atoms with van der Waals surface area (Å²) in [6.07, 6.45) is 19.2. The first-order valence-electron chi connectivity index (χ1n) is 16.1. The van der Waals surface area contributed by atoms with E-state index in [0.29, 0.717) is 5.92 Å². The van der Waals surface area contributed by atoms with Gasteiger partial charge >= 0.3 is 0 Å². The molecule has 1 unspecified atom stereocenters. The van der Waals surface area contributed by atoms with Gasteiger partial charge in [-0.2, -0.15) is 0 Å². The number of hydrogen-bond acceptors (Lipinski definition) is 2. The molecule has 0 spiro atoms. The van der Waals surface area contributed by atoms with Gasteiger partial charge in [0.1, 0.15) is 11.5 Å². The smallest absolute Gasteiger partial charge is 0.149 e. The summed E-state index contributed by atoms with van der Waals surface area (Å²) >= 11 is 1.78. The second-order valence-corrected chi connectivity index (χ2v) is 13.1. The molecule has 1 heterocycles. The highest BCUT2D eigenvalue weighted by atomic mass is 32.2. The Hall–Kier alpha value is -4.53. The van der Waals surface area contributed by atoms with Crippen molar-refractivity contribution in [3.05, 3.63) is 166 Å². The molecule has 7 rings (SSSR count). The number of hydrogen-bond donors (Lipinski definition) is 0. The fourth-order valence-electron chi connectivity index (χ4n) is 6.56. The molecule has 1 atom stereocenters. The Balaban J connectivity index is 1.26. The molecule has 0 saturated carbocycles. The molecular weight excluding hydrogens is 565 g/mol. The zero-order chi connectivity index (χ0) is 30.8. The molecule has 1 aliphatic heterocycles. The number of thioether (sulfide) groups is 1. The van der Waals surface area contributed by atoms with Gasteiger partial charge in [0, 0.05) is 16.4 Å². The Bertz CT molecular complexity index is 1950. The largest absolute Gasteiger partial charge is 0.455 e. The van der Waals surface area contributed by atoms with Gasteiger partial charge in [0.2, 0.25) is 0 Å². The number of benzene rings is 4. The number of unbranched alkanes of at least 4 members (excludes halogenated alkanes) is 1. The molecule has 45 heavy (non-hydrogen) atoms. The lowest BCUT2D eigenvalue weighted by Gasteiger charge is -2.30. The van der Waals surface area contributed by atoms with Crippen LogP contribution in [-0.2, 0) is 0 Å². The molecule has 0 saturated heterocycles. The maximum atomic E-state index is 6.48. The molecule has 0 radical (unpaired) electrons. The minimum Gasteiger partial charge on any atom is -0.455 e. The van der Waals surface area contributed by atoms with E-state index in [9.17, 15) is 0 Å². The van der Waals surface area contributed by atoms with Crippen molar-refractivity contribution in [3.63, 3.8) is 0 Å². The quantitative estimate of drug-likeness (QED) is 0.208. The van der Waals surface area contributed by atoms with Crippen LogP contribution in [0.5, 0.6) is 5.75 Å². The van der Waals surface area contributed by atoms with E-state index in [1.54, 1.807) is 11.8 Å². The van der Waals surface area contributed by atoms with Crippen molar-refractivity contribution in [1.29, 1.82) is 0 Å². The van der Waals surface area contributed by atoms with E-state index in [0.717, 1.165) is 46.8 Å². The molecule has 2 heteroatoms. The van der Waals surface area contributed by atoms with E-state index in [1.165, 1.54) is 49.4 Å². The van der Waals surface area contributed by atoms with Crippen LogP contribution in [0.2, 0.25) is 0 Å². The number of fused-ring (bicyclic) bond motifs is 4. The minimum atomic E-state index is 0.379. The second kappa shape index (κ2) is 12.8. The van der Waals surface area contributed by atoms with Gasteiger partial charge in [-0.15, -0.1) is 0 Å². The first kappa shape index (κ1) is 29.2. The first-order valence-corrected chi connectivity index (χ1v) is 16.9. The van der Waals surface area contributed by atoms with Gasteiger partial charge in [-0.25, -0.2) is 0 Å². The zero-order valence-electron chi connectivity index (χ0n) is 26.2. The summed E-state index contributed by atoms with van der Waals surface area (Å²) < 4.78 is 6.48. The van der Waals surface area contributed by atoms with Gasteiger partial charge in [0.25, 0.3) is 0 Å². The molecule has 0 amide bonds. The molecule has 4 aromatic carbocycles. The highest BCUT2D eigenvalue weighted by molar-refractivity contribution is 8.03. The summed E-state index contributed by atoms with van der Waals surface area (Å²) in [5.74, 6) is 2.24. The number of ether oxygens (including phenoxy) is 1. The monoisotopic (exact) mass is 602 g/mol. The Kier molecular flexibility index (Phi) is 8.33. The molecule has 0 fully saturated rings. The average Bonchev–Trinajstić information content (AvgIpc) is 3.08. The van der Waals surface area contributed by atoms with E-state index in [4.69, 9.17) is 4.74 Å². The maximum absolute atomic E-state index is 6.48. The normalized spacial score (nSPS) is 17.3. The Morgan fingerprint density at radius 3 is 2.44 bits per heavy atom. The summed E-state index contributed by atoms with van der Waals surface area (Å²) in [5, 5.41) is 0. The topological polar surface area (TPSA) is 9.23 Å². The lowest BCUT2D eigenvalue weighted by atomic mass is 9.74. The van der Waals surface area contributed by atoms with Crippen molar-refractivity contribution in [3.8, 4) is 28.0 Å². The summed E-state index contributed by atoms with van der Waals surface area (Å²) in [6.45, 7) is 6.39. The summed E-state index contributed by atoms with van der Waals surface area (Å²) in [5.41, 5.74) is 12.8. The third-order valence-corrected chi connectivity index (χ3v) is 9.89. The van der Waals surface area contributed by atoms with Crippen molar-refractivity contribution in [2.24, 2.45) is 0 Å². The van der Waals surface area contributed by atoms with Crippen LogP contribution in [0, 0.1) is 0 Å². The van der Waals surface area contributed by atoms with Gasteiger partial charge in [0.15, 0.2) is 0 Å². The Morgan fingerprint density at radius 2 is 1.60 bits per heavy atom. The number of allylic oxidation sites excluding steroid dienone is 11. The van der Waals surface area contributed by atoms with E-state index in [1.807, 2.05) is 13.0 Å². The fourth-order valence-corrected chi connectivity index (χ4v) is 7.49. The zero-order valence-corrected chi connectivity index (χ0v) is 27.0. The van der Waals surface area contributed by atoms with Gasteiger partial charge in [-0.05, 0) is 101 Å².